The van der Waals surface area contributed by atoms with Gasteiger partial charge in [0.15, 0.2) is 0 Å². The first-order valence-corrected chi connectivity index (χ1v) is 10.6. The zero-order valence-corrected chi connectivity index (χ0v) is 18.3. The van der Waals surface area contributed by atoms with Gasteiger partial charge in [0, 0.05) is 0 Å². The van der Waals surface area contributed by atoms with Gasteiger partial charge in [-0.1, -0.05) is 102 Å². The zero-order valence-electron chi connectivity index (χ0n) is 17.5. The lowest BCUT2D eigenvalue weighted by Crippen LogP contribution is -2.29. The van der Waals surface area contributed by atoms with E-state index in [1.807, 2.05) is 86.6 Å². The second-order valence-electron chi connectivity index (χ2n) is 7.62. The molecule has 0 radical (unpaired) electrons. The molecule has 0 aliphatic carbocycles. The normalized spacial score (nSPS) is 11.0. The number of hydrogen-bond donors (Lipinski definition) is 1. The van der Waals surface area contributed by atoms with E-state index in [2.05, 4.69) is 22.5 Å². The maximum absolute atomic E-state index is 13.3. The molecule has 0 unspecified atom stereocenters. The van der Waals surface area contributed by atoms with Gasteiger partial charge in [-0.05, 0) is 30.5 Å². The van der Waals surface area contributed by atoms with Crippen molar-refractivity contribution in [3.63, 3.8) is 0 Å². The molecule has 0 fully saturated rings. The van der Waals surface area contributed by atoms with Crippen molar-refractivity contribution in [2.75, 3.05) is 0 Å². The van der Waals surface area contributed by atoms with Crippen LogP contribution in [0.3, 0.4) is 0 Å². The minimum atomic E-state index is -0.286. The summed E-state index contributed by atoms with van der Waals surface area (Å²) in [6, 6.07) is 27.7. The Bertz CT molecular complexity index is 1130. The Morgan fingerprint density at radius 1 is 0.903 bits per heavy atom. The van der Waals surface area contributed by atoms with E-state index < -0.39 is 0 Å². The molecule has 0 saturated heterocycles. The molecule has 0 aliphatic rings. The molecule has 0 aliphatic heterocycles. The Balaban J connectivity index is 1.62. The Hall–Kier alpha value is -3.37. The highest BCUT2D eigenvalue weighted by atomic mass is 35.5. The first kappa shape index (κ1) is 20.9. The van der Waals surface area contributed by atoms with Crippen LogP contribution in [-0.2, 0) is 6.54 Å². The first-order valence-electron chi connectivity index (χ1n) is 10.2. The molecule has 4 rings (SSSR count). The lowest BCUT2D eigenvalue weighted by atomic mass is 9.98. The predicted molar refractivity (Wildman–Crippen MR) is 124 cm³/mol. The summed E-state index contributed by atoms with van der Waals surface area (Å²) in [6.07, 6.45) is 0. The van der Waals surface area contributed by atoms with Gasteiger partial charge in [-0.15, -0.1) is 0 Å². The summed E-state index contributed by atoms with van der Waals surface area (Å²) in [5.41, 5.74) is 5.29. The second-order valence-corrected chi connectivity index (χ2v) is 7.98. The molecule has 1 amide bonds. The van der Waals surface area contributed by atoms with Crippen molar-refractivity contribution in [3.8, 4) is 0 Å². The fraction of sp³-hybridized carbons (Fsp3) is 0.154. The summed E-state index contributed by atoms with van der Waals surface area (Å²) in [6.45, 7) is 4.37. The van der Waals surface area contributed by atoms with Crippen LogP contribution < -0.4 is 5.32 Å². The van der Waals surface area contributed by atoms with Crippen LogP contribution in [0.1, 0.15) is 44.3 Å². The van der Waals surface area contributed by atoms with E-state index in [0.29, 0.717) is 23.0 Å². The van der Waals surface area contributed by atoms with Crippen LogP contribution in [0, 0.1) is 13.8 Å². The quantitative estimate of drug-likeness (QED) is 0.426. The van der Waals surface area contributed by atoms with Crippen LogP contribution in [0.2, 0.25) is 5.15 Å². The van der Waals surface area contributed by atoms with Crippen molar-refractivity contribution in [2.24, 2.45) is 0 Å². The second kappa shape index (κ2) is 9.19. The smallest absolute Gasteiger partial charge is 0.257 e. The number of carbonyl (C=O) groups excluding carboxylic acids is 1. The number of nitrogens with zero attached hydrogens (tertiary/aromatic N) is 2. The number of aromatic nitrogens is 2. The Morgan fingerprint density at radius 2 is 1.45 bits per heavy atom. The van der Waals surface area contributed by atoms with E-state index in [1.165, 1.54) is 5.56 Å². The molecule has 31 heavy (non-hydrogen) atoms. The van der Waals surface area contributed by atoms with Crippen LogP contribution in [-0.4, -0.2) is 15.7 Å². The highest BCUT2D eigenvalue weighted by Crippen LogP contribution is 2.25. The van der Waals surface area contributed by atoms with E-state index in [-0.39, 0.29) is 11.9 Å². The van der Waals surface area contributed by atoms with Crippen molar-refractivity contribution in [2.45, 2.75) is 26.4 Å². The van der Waals surface area contributed by atoms with Gasteiger partial charge in [0.25, 0.3) is 5.91 Å². The lowest BCUT2D eigenvalue weighted by molar-refractivity contribution is 0.0942. The number of rotatable bonds is 6. The zero-order chi connectivity index (χ0) is 21.8. The topological polar surface area (TPSA) is 46.9 Å². The Morgan fingerprint density at radius 3 is 2.00 bits per heavy atom. The number of carbonyl (C=O) groups is 1. The van der Waals surface area contributed by atoms with Crippen LogP contribution in [0.25, 0.3) is 0 Å². The molecular formula is C26H24ClN3O. The maximum atomic E-state index is 13.3. The fourth-order valence-electron chi connectivity index (χ4n) is 3.64. The van der Waals surface area contributed by atoms with Gasteiger partial charge in [-0.3, -0.25) is 4.79 Å². The van der Waals surface area contributed by atoms with Gasteiger partial charge >= 0.3 is 0 Å². The molecular weight excluding hydrogens is 406 g/mol. The molecule has 0 saturated carbocycles. The van der Waals surface area contributed by atoms with Crippen molar-refractivity contribution in [1.82, 2.24) is 15.1 Å². The molecule has 156 valence electrons. The van der Waals surface area contributed by atoms with E-state index in [1.54, 1.807) is 4.68 Å². The summed E-state index contributed by atoms with van der Waals surface area (Å²) in [4.78, 5) is 13.3. The molecule has 5 heteroatoms. The molecule has 4 nitrogen and oxygen atoms in total. The lowest BCUT2D eigenvalue weighted by Gasteiger charge is -2.20. The summed E-state index contributed by atoms with van der Waals surface area (Å²) < 4.78 is 1.68. The number of benzene rings is 3. The summed E-state index contributed by atoms with van der Waals surface area (Å²) >= 11 is 6.62. The van der Waals surface area contributed by atoms with Crippen molar-refractivity contribution >= 4 is 17.5 Å². The molecule has 1 heterocycles. The SMILES string of the molecule is Cc1ccc(Cn2nc(C)c(C(=O)NC(c3ccccc3)c3ccccc3)c2Cl)cc1. The summed E-state index contributed by atoms with van der Waals surface area (Å²) in [5, 5.41) is 8.02. The van der Waals surface area contributed by atoms with Crippen molar-refractivity contribution < 1.29 is 4.79 Å². The molecule has 0 spiro atoms. The van der Waals surface area contributed by atoms with Crippen LogP contribution in [0.4, 0.5) is 0 Å². The van der Waals surface area contributed by atoms with Crippen molar-refractivity contribution in [1.29, 1.82) is 0 Å². The highest BCUT2D eigenvalue weighted by Gasteiger charge is 2.24. The van der Waals surface area contributed by atoms with Gasteiger partial charge in [0.2, 0.25) is 0 Å². The predicted octanol–water partition coefficient (Wildman–Crippen LogP) is 5.72. The monoisotopic (exact) mass is 429 g/mol. The minimum Gasteiger partial charge on any atom is -0.341 e. The molecule has 4 aromatic rings. The molecule has 1 aromatic heterocycles. The molecule has 1 N–H and O–H groups in total. The molecule has 0 bridgehead atoms. The van der Waals surface area contributed by atoms with Gasteiger partial charge < -0.3 is 5.32 Å². The molecule has 3 aromatic carbocycles. The number of nitrogens with one attached hydrogen (secondary N) is 1. The average Bonchev–Trinajstić information content (AvgIpc) is 3.07. The van der Waals surface area contributed by atoms with E-state index in [0.717, 1.165) is 16.7 Å². The summed E-state index contributed by atoms with van der Waals surface area (Å²) in [5.74, 6) is -0.240. The fourth-order valence-corrected chi connectivity index (χ4v) is 3.96. The average molecular weight is 430 g/mol. The third-order valence-electron chi connectivity index (χ3n) is 5.29. The van der Waals surface area contributed by atoms with Gasteiger partial charge in [-0.25, -0.2) is 4.68 Å². The number of amides is 1. The van der Waals surface area contributed by atoms with Crippen molar-refractivity contribution in [3.05, 3.63) is 124 Å². The van der Waals surface area contributed by atoms with Gasteiger partial charge in [0.05, 0.1) is 23.8 Å². The summed E-state index contributed by atoms with van der Waals surface area (Å²) in [7, 11) is 0. The standard InChI is InChI=1S/C26H24ClN3O/c1-18-13-15-20(16-14-18)17-30-25(27)23(19(2)29-30)26(31)28-24(21-9-5-3-6-10-21)22-11-7-4-8-12-22/h3-16,24H,17H2,1-2H3,(H,28,31). The first-order chi connectivity index (χ1) is 15.0. The van der Waals surface area contributed by atoms with E-state index in [4.69, 9.17) is 11.6 Å². The highest BCUT2D eigenvalue weighted by molar-refractivity contribution is 6.33. The van der Waals surface area contributed by atoms with Crippen LogP contribution in [0.15, 0.2) is 84.9 Å². The minimum absolute atomic E-state index is 0.240. The van der Waals surface area contributed by atoms with Gasteiger partial charge in [0.1, 0.15) is 5.15 Å². The van der Waals surface area contributed by atoms with E-state index in [9.17, 15) is 4.79 Å². The third kappa shape index (κ3) is 4.70. The van der Waals surface area contributed by atoms with Crippen LogP contribution >= 0.6 is 11.6 Å². The largest absolute Gasteiger partial charge is 0.341 e. The number of halogens is 1. The van der Waals surface area contributed by atoms with Crippen LogP contribution in [0.5, 0.6) is 0 Å². The maximum Gasteiger partial charge on any atom is 0.257 e. The third-order valence-corrected chi connectivity index (χ3v) is 5.67. The Kier molecular flexibility index (Phi) is 6.19. The molecule has 0 atom stereocenters. The number of aryl methyl sites for hydroxylation is 2. The number of hydrogen-bond acceptors (Lipinski definition) is 2. The Labute approximate surface area is 187 Å². The van der Waals surface area contributed by atoms with Gasteiger partial charge in [-0.2, -0.15) is 5.10 Å². The van der Waals surface area contributed by atoms with E-state index >= 15 is 0 Å².